The first-order valence-corrected chi connectivity index (χ1v) is 10.2. The van der Waals surface area contributed by atoms with E-state index in [1.54, 1.807) is 34.9 Å². The Hall–Kier alpha value is -3.70. The van der Waals surface area contributed by atoms with Crippen LogP contribution >= 0.6 is 11.6 Å². The summed E-state index contributed by atoms with van der Waals surface area (Å²) in [4.78, 5) is 28.9. The molecule has 162 valence electrons. The van der Waals surface area contributed by atoms with Gasteiger partial charge in [0.05, 0.1) is 23.5 Å². The van der Waals surface area contributed by atoms with Gasteiger partial charge in [-0.2, -0.15) is 0 Å². The van der Waals surface area contributed by atoms with Gasteiger partial charge >= 0.3 is 0 Å². The maximum absolute atomic E-state index is 13.9. The number of hydrogen-bond donors (Lipinski definition) is 0. The molecule has 9 heteroatoms. The van der Waals surface area contributed by atoms with Crippen molar-refractivity contribution in [2.45, 2.75) is 20.3 Å². The van der Waals surface area contributed by atoms with E-state index in [1.807, 2.05) is 6.92 Å². The van der Waals surface area contributed by atoms with Gasteiger partial charge < -0.3 is 9.58 Å². The van der Waals surface area contributed by atoms with Gasteiger partial charge in [-0.1, -0.05) is 30.1 Å². The minimum absolute atomic E-state index is 0.000813. The van der Waals surface area contributed by atoms with Crippen molar-refractivity contribution < 1.29 is 13.9 Å². The zero-order valence-corrected chi connectivity index (χ0v) is 18.4. The van der Waals surface area contributed by atoms with E-state index in [-0.39, 0.29) is 34.8 Å². The van der Waals surface area contributed by atoms with Crippen molar-refractivity contribution in [3.05, 3.63) is 75.5 Å². The number of aryl methyl sites for hydroxylation is 2. The van der Waals surface area contributed by atoms with Gasteiger partial charge in [0.25, 0.3) is 11.7 Å². The van der Waals surface area contributed by atoms with E-state index in [0.717, 1.165) is 5.56 Å². The fourth-order valence-corrected chi connectivity index (χ4v) is 3.93. The van der Waals surface area contributed by atoms with Gasteiger partial charge in [0.2, 0.25) is 11.7 Å². The summed E-state index contributed by atoms with van der Waals surface area (Å²) in [5, 5.41) is 0.0910. The summed E-state index contributed by atoms with van der Waals surface area (Å²) in [7, 11) is 1.52. The van der Waals surface area contributed by atoms with Crippen LogP contribution in [0.2, 0.25) is 5.02 Å². The van der Waals surface area contributed by atoms with Crippen molar-refractivity contribution in [2.24, 2.45) is 0 Å². The number of rotatable bonds is 4. The van der Waals surface area contributed by atoms with Gasteiger partial charge in [-0.15, -0.1) is 0 Å². The SMILES string of the molecule is [C-]#[N+]c1nc2c(cc1Cl)C(=O)N(c1ccc(OC)nc1C)CN2c1ccc(F)cc1CC. The van der Waals surface area contributed by atoms with Crippen molar-refractivity contribution in [1.29, 1.82) is 0 Å². The Morgan fingerprint density at radius 1 is 1.19 bits per heavy atom. The molecule has 0 unspecified atom stereocenters. The zero-order chi connectivity index (χ0) is 23.0. The number of halogens is 2. The molecule has 0 spiro atoms. The number of anilines is 3. The van der Waals surface area contributed by atoms with E-state index in [0.29, 0.717) is 35.2 Å². The highest BCUT2D eigenvalue weighted by Gasteiger charge is 2.37. The number of pyridine rings is 2. The van der Waals surface area contributed by atoms with Crippen molar-refractivity contribution in [2.75, 3.05) is 23.6 Å². The second-order valence-electron chi connectivity index (χ2n) is 7.16. The standard InChI is InChI=1S/C23H19ClFN5O2/c1-5-14-10-15(25)6-7-19(14)29-12-30(18-8-9-20(32-4)27-13(18)2)23(31)16-11-17(24)21(26-3)28-22(16)29/h6-11H,5,12H2,1-2,4H3. The lowest BCUT2D eigenvalue weighted by atomic mass is 10.1. The molecule has 3 aromatic rings. The number of carbonyl (C=O) groups is 1. The second-order valence-corrected chi connectivity index (χ2v) is 7.57. The van der Waals surface area contributed by atoms with Crippen LogP contribution in [0.1, 0.15) is 28.5 Å². The molecule has 0 saturated carbocycles. The summed E-state index contributed by atoms with van der Waals surface area (Å²) in [6.45, 7) is 11.2. The molecular formula is C23H19ClFN5O2. The molecule has 4 rings (SSSR count). The van der Waals surface area contributed by atoms with Crippen molar-refractivity contribution in [3.8, 4) is 5.88 Å². The fourth-order valence-electron chi connectivity index (χ4n) is 3.74. The quantitative estimate of drug-likeness (QED) is 0.493. The average Bonchev–Trinajstić information content (AvgIpc) is 2.79. The number of benzene rings is 1. The summed E-state index contributed by atoms with van der Waals surface area (Å²) in [6.07, 6.45) is 0.569. The van der Waals surface area contributed by atoms with E-state index < -0.39 is 0 Å². The Morgan fingerprint density at radius 2 is 1.94 bits per heavy atom. The molecule has 1 aromatic carbocycles. The lowest BCUT2D eigenvalue weighted by molar-refractivity contribution is 0.0982. The van der Waals surface area contributed by atoms with Crippen molar-refractivity contribution in [3.63, 3.8) is 0 Å². The Kier molecular flexibility index (Phi) is 5.68. The third-order valence-electron chi connectivity index (χ3n) is 5.30. The Balaban J connectivity index is 1.93. The molecule has 1 aliphatic rings. The summed E-state index contributed by atoms with van der Waals surface area (Å²) in [5.74, 6) is 0.0710. The minimum Gasteiger partial charge on any atom is -0.481 e. The van der Waals surface area contributed by atoms with E-state index in [2.05, 4.69) is 14.8 Å². The zero-order valence-electron chi connectivity index (χ0n) is 17.7. The number of hydrogen-bond acceptors (Lipinski definition) is 5. The summed E-state index contributed by atoms with van der Waals surface area (Å²) >= 11 is 6.22. The summed E-state index contributed by atoms with van der Waals surface area (Å²) in [6, 6.07) is 9.37. The molecule has 2 aromatic heterocycles. The second kappa shape index (κ2) is 8.44. The van der Waals surface area contributed by atoms with Gasteiger partial charge in [-0.25, -0.2) is 9.37 Å². The highest BCUT2D eigenvalue weighted by atomic mass is 35.5. The van der Waals surface area contributed by atoms with Gasteiger partial charge in [0.1, 0.15) is 18.0 Å². The van der Waals surface area contributed by atoms with Crippen LogP contribution in [-0.2, 0) is 6.42 Å². The Labute approximate surface area is 189 Å². The van der Waals surface area contributed by atoms with E-state index >= 15 is 0 Å². The van der Waals surface area contributed by atoms with Crippen molar-refractivity contribution >= 4 is 40.5 Å². The third-order valence-corrected chi connectivity index (χ3v) is 5.58. The number of amides is 1. The van der Waals surface area contributed by atoms with Gasteiger partial charge in [-0.3, -0.25) is 14.6 Å². The first-order valence-electron chi connectivity index (χ1n) is 9.85. The monoisotopic (exact) mass is 451 g/mol. The predicted molar refractivity (Wildman–Crippen MR) is 121 cm³/mol. The fraction of sp³-hybridized carbons (Fsp3) is 0.217. The van der Waals surface area contributed by atoms with Gasteiger partial charge in [0, 0.05) is 11.8 Å². The largest absolute Gasteiger partial charge is 0.481 e. The number of carbonyl (C=O) groups excluding carboxylic acids is 1. The topological polar surface area (TPSA) is 62.9 Å². The Bertz CT molecular complexity index is 1270. The number of fused-ring (bicyclic) bond motifs is 1. The molecule has 3 heterocycles. The molecule has 0 radical (unpaired) electrons. The summed E-state index contributed by atoms with van der Waals surface area (Å²) < 4.78 is 19.1. The highest BCUT2D eigenvalue weighted by molar-refractivity contribution is 6.33. The van der Waals surface area contributed by atoms with Crippen LogP contribution < -0.4 is 14.5 Å². The molecule has 0 atom stereocenters. The van der Waals surface area contributed by atoms with E-state index in [1.165, 1.54) is 25.3 Å². The number of aromatic nitrogens is 2. The van der Waals surface area contributed by atoms with Crippen LogP contribution in [-0.4, -0.2) is 29.7 Å². The van der Waals surface area contributed by atoms with Crippen LogP contribution in [0, 0.1) is 19.3 Å². The van der Waals surface area contributed by atoms with Gasteiger partial charge in [0.15, 0.2) is 0 Å². The van der Waals surface area contributed by atoms with Crippen LogP contribution in [0.25, 0.3) is 4.85 Å². The molecule has 0 fully saturated rings. The lowest BCUT2D eigenvalue weighted by Gasteiger charge is -2.36. The summed E-state index contributed by atoms with van der Waals surface area (Å²) in [5.41, 5.74) is 2.88. The lowest BCUT2D eigenvalue weighted by Crippen LogP contribution is -2.46. The molecule has 1 aliphatic heterocycles. The van der Waals surface area contributed by atoms with Crippen LogP contribution in [0.15, 0.2) is 36.4 Å². The molecule has 0 saturated heterocycles. The number of methoxy groups -OCH3 is 1. The minimum atomic E-state index is -0.350. The van der Waals surface area contributed by atoms with Crippen LogP contribution in [0.5, 0.6) is 5.88 Å². The predicted octanol–water partition coefficient (Wildman–Crippen LogP) is 5.46. The molecule has 7 nitrogen and oxygen atoms in total. The molecule has 0 bridgehead atoms. The van der Waals surface area contributed by atoms with Crippen LogP contribution in [0.4, 0.5) is 27.4 Å². The first kappa shape index (κ1) is 21.5. The normalized spacial score (nSPS) is 13.1. The average molecular weight is 452 g/mol. The third kappa shape index (κ3) is 3.61. The van der Waals surface area contributed by atoms with Gasteiger partial charge in [-0.05, 0) is 49.2 Å². The molecule has 1 amide bonds. The first-order chi connectivity index (χ1) is 15.4. The molecule has 32 heavy (non-hydrogen) atoms. The smallest absolute Gasteiger partial charge is 0.290 e. The van der Waals surface area contributed by atoms with E-state index in [9.17, 15) is 9.18 Å². The van der Waals surface area contributed by atoms with Crippen LogP contribution in [0.3, 0.4) is 0 Å². The maximum atomic E-state index is 13.9. The number of ether oxygens (including phenoxy) is 1. The van der Waals surface area contributed by atoms with Crippen molar-refractivity contribution in [1.82, 2.24) is 9.97 Å². The highest BCUT2D eigenvalue weighted by Crippen LogP contribution is 2.40. The molecule has 0 aliphatic carbocycles. The molecule has 0 N–H and O–H groups in total. The Morgan fingerprint density at radius 3 is 2.59 bits per heavy atom. The molecular weight excluding hydrogens is 433 g/mol. The van der Waals surface area contributed by atoms with E-state index in [4.69, 9.17) is 22.9 Å². The maximum Gasteiger partial charge on any atom is 0.290 e. The number of nitrogens with zero attached hydrogens (tertiary/aromatic N) is 5.